The van der Waals surface area contributed by atoms with Crippen molar-refractivity contribution in [1.82, 2.24) is 14.5 Å². The molecule has 0 aliphatic carbocycles. The van der Waals surface area contributed by atoms with E-state index in [9.17, 15) is 9.18 Å². The van der Waals surface area contributed by atoms with Gasteiger partial charge in [-0.25, -0.2) is 14.2 Å². The Kier molecular flexibility index (Phi) is 6.28. The Labute approximate surface area is 223 Å². The number of aromatic nitrogens is 2. The van der Waals surface area contributed by atoms with Gasteiger partial charge < -0.3 is 24.0 Å². The summed E-state index contributed by atoms with van der Waals surface area (Å²) < 4.78 is 22.6. The van der Waals surface area contributed by atoms with Crippen LogP contribution < -0.4 is 9.80 Å². The van der Waals surface area contributed by atoms with Gasteiger partial charge in [-0.05, 0) is 69.9 Å². The number of nitrogens with zero attached hydrogens (tertiary/aromatic N) is 5. The zero-order valence-corrected chi connectivity index (χ0v) is 22.4. The van der Waals surface area contributed by atoms with E-state index >= 15 is 0 Å². The number of benzene rings is 2. The molecule has 3 aliphatic heterocycles. The van der Waals surface area contributed by atoms with E-state index in [2.05, 4.69) is 43.6 Å². The van der Waals surface area contributed by atoms with Gasteiger partial charge in [-0.15, -0.1) is 0 Å². The molecule has 1 atom stereocenters. The molecule has 2 saturated heterocycles. The molecule has 0 radical (unpaired) electrons. The van der Waals surface area contributed by atoms with Gasteiger partial charge in [0, 0.05) is 61.8 Å². The Morgan fingerprint density at radius 3 is 2.18 bits per heavy atom. The molecular weight excluding hydrogens is 481 g/mol. The second-order valence-corrected chi connectivity index (χ2v) is 11.6. The molecule has 8 heteroatoms. The lowest BCUT2D eigenvalue weighted by Gasteiger charge is -2.38. The van der Waals surface area contributed by atoms with Crippen LogP contribution in [0.4, 0.5) is 20.6 Å². The molecule has 200 valence electrons. The van der Waals surface area contributed by atoms with E-state index in [1.54, 1.807) is 17.0 Å². The lowest BCUT2D eigenvalue weighted by atomic mass is 9.85. The molecule has 1 aromatic heterocycles. The van der Waals surface area contributed by atoms with Crippen LogP contribution in [0.2, 0.25) is 0 Å². The number of hydrogen-bond acceptors (Lipinski definition) is 5. The van der Waals surface area contributed by atoms with Crippen LogP contribution in [0, 0.1) is 11.7 Å². The van der Waals surface area contributed by atoms with E-state index in [1.165, 1.54) is 11.4 Å². The fourth-order valence-electron chi connectivity index (χ4n) is 6.22. The number of carbonyl (C=O) groups is 1. The van der Waals surface area contributed by atoms with Gasteiger partial charge in [0.1, 0.15) is 11.4 Å². The summed E-state index contributed by atoms with van der Waals surface area (Å²) in [6, 6.07) is 14.2. The molecule has 0 bridgehead atoms. The Bertz CT molecular complexity index is 1300. The third-order valence-corrected chi connectivity index (χ3v) is 8.09. The third-order valence-electron chi connectivity index (χ3n) is 8.09. The maximum atomic E-state index is 14.9. The molecule has 7 nitrogen and oxygen atoms in total. The summed E-state index contributed by atoms with van der Waals surface area (Å²) >= 11 is 0. The molecule has 0 N–H and O–H groups in total. The highest BCUT2D eigenvalue weighted by atomic mass is 19.1. The number of halogens is 1. The van der Waals surface area contributed by atoms with Crippen LogP contribution >= 0.6 is 0 Å². The Morgan fingerprint density at radius 1 is 0.921 bits per heavy atom. The number of amides is 1. The fourth-order valence-corrected chi connectivity index (χ4v) is 6.22. The molecule has 2 fully saturated rings. The smallest absolute Gasteiger partial charge is 0.410 e. The third kappa shape index (κ3) is 4.61. The predicted octanol–water partition coefficient (Wildman–Crippen LogP) is 5.57. The zero-order chi connectivity index (χ0) is 26.4. The normalized spacial score (nSPS) is 19.9. The molecule has 0 saturated carbocycles. The van der Waals surface area contributed by atoms with Crippen LogP contribution in [-0.2, 0) is 4.74 Å². The molecule has 4 heterocycles. The number of rotatable bonds is 3. The first-order chi connectivity index (χ1) is 18.3. The van der Waals surface area contributed by atoms with Crippen molar-refractivity contribution >= 4 is 17.5 Å². The number of piperidine rings is 1. The average Bonchev–Trinajstić information content (AvgIpc) is 3.50. The Balaban J connectivity index is 1.06. The average molecular weight is 518 g/mol. The fraction of sp³-hybridized carbons (Fsp3) is 0.467. The topological polar surface area (TPSA) is 53.8 Å². The van der Waals surface area contributed by atoms with Crippen LogP contribution in [0.1, 0.15) is 45.2 Å². The largest absolute Gasteiger partial charge is 0.444 e. The van der Waals surface area contributed by atoms with Crippen LogP contribution in [0.5, 0.6) is 0 Å². The van der Waals surface area contributed by atoms with Crippen LogP contribution in [-0.4, -0.2) is 65.4 Å². The van der Waals surface area contributed by atoms with Crippen molar-refractivity contribution < 1.29 is 13.9 Å². The Hall–Kier alpha value is -3.55. The van der Waals surface area contributed by atoms with Gasteiger partial charge in [0.05, 0.1) is 24.3 Å². The van der Waals surface area contributed by atoms with Gasteiger partial charge in [-0.3, -0.25) is 0 Å². The number of piperazine rings is 1. The van der Waals surface area contributed by atoms with Crippen LogP contribution in [0.15, 0.2) is 55.0 Å². The van der Waals surface area contributed by atoms with Crippen LogP contribution in [0.25, 0.3) is 11.3 Å². The molecule has 6 rings (SSSR count). The Morgan fingerprint density at radius 2 is 1.55 bits per heavy atom. The van der Waals surface area contributed by atoms with Gasteiger partial charge in [-0.2, -0.15) is 0 Å². The molecule has 1 amide bonds. The number of imidazole rings is 1. The second kappa shape index (κ2) is 9.64. The highest BCUT2D eigenvalue weighted by Gasteiger charge is 2.38. The summed E-state index contributed by atoms with van der Waals surface area (Å²) in [5, 5.41) is 0. The van der Waals surface area contributed by atoms with E-state index in [-0.39, 0.29) is 18.0 Å². The number of hydrogen-bond donors (Lipinski definition) is 0. The van der Waals surface area contributed by atoms with Gasteiger partial charge in [0.25, 0.3) is 0 Å². The highest BCUT2D eigenvalue weighted by molar-refractivity contribution is 5.70. The minimum Gasteiger partial charge on any atom is -0.444 e. The van der Waals surface area contributed by atoms with Gasteiger partial charge in [0.2, 0.25) is 0 Å². The minimum absolute atomic E-state index is 0.0209. The van der Waals surface area contributed by atoms with Gasteiger partial charge in [-0.1, -0.05) is 12.1 Å². The number of fused-ring (bicyclic) bond motifs is 3. The van der Waals surface area contributed by atoms with Crippen molar-refractivity contribution in [2.75, 3.05) is 49.1 Å². The van der Waals surface area contributed by atoms with Crippen molar-refractivity contribution in [3.8, 4) is 11.3 Å². The lowest BCUT2D eigenvalue weighted by molar-refractivity contribution is 0.0240. The zero-order valence-electron chi connectivity index (χ0n) is 22.4. The first kappa shape index (κ1) is 24.8. The van der Waals surface area contributed by atoms with E-state index in [0.29, 0.717) is 19.0 Å². The molecule has 3 aliphatic rings. The van der Waals surface area contributed by atoms with Crippen molar-refractivity contribution in [1.29, 1.82) is 0 Å². The molecule has 1 unspecified atom stereocenters. The summed E-state index contributed by atoms with van der Waals surface area (Å²) in [4.78, 5) is 23.3. The maximum absolute atomic E-state index is 14.9. The predicted molar refractivity (Wildman–Crippen MR) is 147 cm³/mol. The number of carbonyl (C=O) groups excluding carboxylic acids is 1. The van der Waals surface area contributed by atoms with Crippen molar-refractivity contribution in [3.05, 3.63) is 66.4 Å². The minimum atomic E-state index is -0.473. The number of anilines is 2. The van der Waals surface area contributed by atoms with E-state index < -0.39 is 5.60 Å². The highest BCUT2D eigenvalue weighted by Crippen LogP contribution is 2.47. The molecule has 0 spiro atoms. The quantitative estimate of drug-likeness (QED) is 0.455. The monoisotopic (exact) mass is 517 g/mol. The van der Waals surface area contributed by atoms with Crippen molar-refractivity contribution in [3.63, 3.8) is 0 Å². The molecule has 3 aromatic rings. The number of ether oxygens (including phenoxy) is 1. The van der Waals surface area contributed by atoms with E-state index in [0.717, 1.165) is 55.8 Å². The first-order valence-corrected chi connectivity index (χ1v) is 13.7. The van der Waals surface area contributed by atoms with Crippen molar-refractivity contribution in [2.24, 2.45) is 5.92 Å². The van der Waals surface area contributed by atoms with Gasteiger partial charge in [0.15, 0.2) is 0 Å². The van der Waals surface area contributed by atoms with Gasteiger partial charge >= 0.3 is 6.09 Å². The van der Waals surface area contributed by atoms with E-state index in [1.807, 2.05) is 39.4 Å². The molecule has 2 aromatic carbocycles. The summed E-state index contributed by atoms with van der Waals surface area (Å²) in [6.45, 7) is 10.5. The summed E-state index contributed by atoms with van der Waals surface area (Å²) in [7, 11) is 0. The summed E-state index contributed by atoms with van der Waals surface area (Å²) in [6.07, 6.45) is 5.49. The van der Waals surface area contributed by atoms with E-state index in [4.69, 9.17) is 4.74 Å². The summed E-state index contributed by atoms with van der Waals surface area (Å²) in [5.41, 5.74) is 4.77. The second-order valence-electron chi connectivity index (χ2n) is 11.6. The lowest BCUT2D eigenvalue weighted by Crippen LogP contribution is -2.50. The molecule has 38 heavy (non-hydrogen) atoms. The summed E-state index contributed by atoms with van der Waals surface area (Å²) in [5.74, 6) is 0.263. The van der Waals surface area contributed by atoms with Crippen LogP contribution in [0.3, 0.4) is 0 Å². The molecular formula is C30H36FN5O2. The van der Waals surface area contributed by atoms with Crippen molar-refractivity contribution in [2.45, 2.75) is 45.3 Å². The first-order valence-electron chi connectivity index (χ1n) is 13.7. The standard InChI is InChI=1S/C30H36FN5O2/c1-30(2,3)38-29(37)35-17-15-34(16-18-35)23-9-7-22(8-10-23)33-13-11-21(12-14-33)28-27-24(5-4-6-25(27)31)26-19-32-20-36(26)28/h4-10,19-21,28H,11-18H2,1-3H3. The maximum Gasteiger partial charge on any atom is 0.410 e. The SMILES string of the molecule is CC(C)(C)OC(=O)N1CCN(c2ccc(N3CCC(C4c5c(F)cccc5-c5cncn54)CC3)cc2)CC1.